The third-order valence-corrected chi connectivity index (χ3v) is 23.1. The smallest absolute Gasteiger partial charge is 0.307 e. The molecule has 0 saturated carbocycles. The van der Waals surface area contributed by atoms with Crippen molar-refractivity contribution < 1.29 is 38.1 Å². The first-order valence-electron chi connectivity index (χ1n) is 31.6. The van der Waals surface area contributed by atoms with E-state index >= 15 is 0 Å². The number of rotatable bonds is 65. The second kappa shape index (κ2) is 66.1. The van der Waals surface area contributed by atoms with Crippen LogP contribution in [0.15, 0.2) is 0 Å². The van der Waals surface area contributed by atoms with Gasteiger partial charge < -0.3 is 33.6 Å². The minimum absolute atomic E-state index is 0.190. The number of hydrogen-bond acceptors (Lipinski definition) is 19. The van der Waals surface area contributed by atoms with Crippen LogP contribution in [0.2, 0.25) is 0 Å². The maximum atomic E-state index is 12.9. The van der Waals surface area contributed by atoms with Crippen molar-refractivity contribution in [2.24, 2.45) is 0 Å². The molecule has 0 aliphatic carbocycles. The van der Waals surface area contributed by atoms with Crippen molar-refractivity contribution in [2.45, 2.75) is 227 Å². The normalized spacial score (nSPS) is 11.6. The van der Waals surface area contributed by atoms with Crippen LogP contribution < -0.4 is 0 Å². The molecule has 0 aromatic rings. The van der Waals surface area contributed by atoms with Crippen LogP contribution in [-0.4, -0.2) is 170 Å². The van der Waals surface area contributed by atoms with Crippen LogP contribution in [0.4, 0.5) is 0 Å². The lowest BCUT2D eigenvalue weighted by Gasteiger charge is -2.26. The third kappa shape index (κ3) is 61.5. The van der Waals surface area contributed by atoms with Gasteiger partial charge in [-0.05, 0) is 71.2 Å². The predicted molar refractivity (Wildman–Crippen MR) is 360 cm³/mol. The Morgan fingerprint density at radius 1 is 0.253 bits per heavy atom. The van der Waals surface area contributed by atoms with E-state index in [-0.39, 0.29) is 23.9 Å². The van der Waals surface area contributed by atoms with Gasteiger partial charge in [0.1, 0.15) is 26.4 Å². The molecule has 0 spiro atoms. The van der Waals surface area contributed by atoms with Crippen LogP contribution in [0.1, 0.15) is 227 Å². The summed E-state index contributed by atoms with van der Waals surface area (Å²) in [7, 11) is 14.7. The molecular weight excluding hydrogens is 1150 g/mol. The van der Waals surface area contributed by atoms with E-state index in [0.29, 0.717) is 78.3 Å². The molecule has 19 heteroatoms. The number of unbranched alkanes of at least 4 members (excludes halogenated alkanes) is 20. The lowest BCUT2D eigenvalue weighted by molar-refractivity contribution is -0.145. The van der Waals surface area contributed by atoms with Gasteiger partial charge in [0, 0.05) is 72.2 Å². The molecule has 0 amide bonds. The van der Waals surface area contributed by atoms with Crippen LogP contribution in [0.3, 0.4) is 0 Å². The molecule has 468 valence electrons. The molecule has 0 unspecified atom stereocenters. The third-order valence-electron chi connectivity index (χ3n) is 13.3. The van der Waals surface area contributed by atoms with Crippen molar-refractivity contribution in [3.05, 3.63) is 0 Å². The highest BCUT2D eigenvalue weighted by molar-refractivity contribution is 8.77. The topological polar surface area (TPSA) is 115 Å². The standard InChI is InChI=1S/C60H117N3O8S8/c1-6-11-15-19-23-27-49-72-76-53-45-68-57(64)33-41-62(42-34-58(65)69-46-54-77-73-50-28-24-20-16-12-7-2)39-31-37-61(10-5)38-32-40-63(43-35-59(66)70-47-55-78-74-51-29-25-21-17-13-8-3)44-36-60(67)71-48-56-79-75-52-30-26-22-18-14-9-4/h6-56H2,1-5H3. The largest absolute Gasteiger partial charge is 0.465 e. The number of carbonyl (C=O) groups excluding carboxylic acids is 4. The van der Waals surface area contributed by atoms with Gasteiger partial charge in [0.05, 0.1) is 25.7 Å². The number of esters is 4. The van der Waals surface area contributed by atoms with E-state index in [1.54, 1.807) is 43.2 Å². The second-order valence-electron chi connectivity index (χ2n) is 20.4. The van der Waals surface area contributed by atoms with E-state index < -0.39 is 0 Å². The average Bonchev–Trinajstić information content (AvgIpc) is 3.45. The fourth-order valence-electron chi connectivity index (χ4n) is 8.42. The maximum absolute atomic E-state index is 12.9. The Balaban J connectivity index is 5.14. The predicted octanol–water partition coefficient (Wildman–Crippen LogP) is 17.4. The Morgan fingerprint density at radius 2 is 0.468 bits per heavy atom. The molecule has 0 atom stereocenters. The summed E-state index contributed by atoms with van der Waals surface area (Å²) in [6.45, 7) is 19.2. The molecule has 79 heavy (non-hydrogen) atoms. The van der Waals surface area contributed by atoms with Crippen molar-refractivity contribution in [3.63, 3.8) is 0 Å². The first-order chi connectivity index (χ1) is 38.8. The van der Waals surface area contributed by atoms with Crippen LogP contribution >= 0.6 is 86.4 Å². The van der Waals surface area contributed by atoms with Gasteiger partial charge >= 0.3 is 23.9 Å². The highest BCUT2D eigenvalue weighted by Crippen LogP contribution is 2.26. The molecule has 0 aliphatic rings. The number of hydrogen-bond donors (Lipinski definition) is 0. The highest BCUT2D eigenvalue weighted by Gasteiger charge is 2.16. The van der Waals surface area contributed by atoms with Gasteiger partial charge in [0.2, 0.25) is 0 Å². The quantitative estimate of drug-likeness (QED) is 0.0249. The van der Waals surface area contributed by atoms with Crippen molar-refractivity contribution in [2.75, 3.05) is 131 Å². The lowest BCUT2D eigenvalue weighted by Crippen LogP contribution is -2.35. The Bertz CT molecular complexity index is 1160. The molecule has 0 aliphatic heterocycles. The van der Waals surface area contributed by atoms with E-state index in [1.165, 1.54) is 154 Å². The first-order valence-corrected chi connectivity index (χ1v) is 41.5. The van der Waals surface area contributed by atoms with Crippen molar-refractivity contribution in [1.82, 2.24) is 14.7 Å². The lowest BCUT2D eigenvalue weighted by atomic mass is 10.1. The SMILES string of the molecule is CCCCCCCCSSCCOC(=O)CCN(CCCN(CC)CCCN(CCC(=O)OCCSSCCCCCCCC)CCC(=O)OCCSSCCCCCCCC)CCC(=O)OCCSSCCCCCCCC. The summed E-state index contributed by atoms with van der Waals surface area (Å²) >= 11 is 0. The zero-order chi connectivity index (χ0) is 57.6. The summed E-state index contributed by atoms with van der Waals surface area (Å²) in [6, 6.07) is 0. The van der Waals surface area contributed by atoms with Crippen molar-refractivity contribution in [1.29, 1.82) is 0 Å². The van der Waals surface area contributed by atoms with Crippen LogP contribution in [0, 0.1) is 0 Å². The number of ether oxygens (including phenoxy) is 4. The minimum atomic E-state index is -0.190. The van der Waals surface area contributed by atoms with E-state index in [4.69, 9.17) is 18.9 Å². The van der Waals surface area contributed by atoms with E-state index in [9.17, 15) is 19.2 Å². The molecule has 0 bridgehead atoms. The molecule has 11 nitrogen and oxygen atoms in total. The van der Waals surface area contributed by atoms with Gasteiger partial charge in [-0.3, -0.25) is 19.2 Å². The average molecular weight is 1270 g/mol. The summed E-state index contributed by atoms with van der Waals surface area (Å²) in [5.41, 5.74) is 0. The van der Waals surface area contributed by atoms with Gasteiger partial charge in [0.25, 0.3) is 0 Å². The zero-order valence-electron chi connectivity index (χ0n) is 50.9. The van der Waals surface area contributed by atoms with Gasteiger partial charge in [0.15, 0.2) is 0 Å². The molecule has 0 fully saturated rings. The summed E-state index contributed by atoms with van der Waals surface area (Å²) < 4.78 is 22.5. The molecule has 0 radical (unpaired) electrons. The molecular formula is C60H117N3O8S8. The van der Waals surface area contributed by atoms with Crippen molar-refractivity contribution >= 4 is 110 Å². The maximum Gasteiger partial charge on any atom is 0.307 e. The fraction of sp³-hybridized carbons (Fsp3) is 0.933. The van der Waals surface area contributed by atoms with Crippen LogP contribution in [0.5, 0.6) is 0 Å². The summed E-state index contributed by atoms with van der Waals surface area (Å²) in [6.07, 6.45) is 34.2. The van der Waals surface area contributed by atoms with Crippen molar-refractivity contribution in [3.8, 4) is 0 Å². The Morgan fingerprint density at radius 3 is 0.709 bits per heavy atom. The Labute approximate surface area is 517 Å². The van der Waals surface area contributed by atoms with E-state index in [2.05, 4.69) is 49.3 Å². The Kier molecular flexibility index (Phi) is 66.6. The van der Waals surface area contributed by atoms with Gasteiger partial charge in [-0.15, -0.1) is 0 Å². The van der Waals surface area contributed by atoms with Gasteiger partial charge in [-0.1, -0.05) is 249 Å². The molecule has 0 saturated heterocycles. The fourth-order valence-corrected chi connectivity index (χ4v) is 16.3. The minimum Gasteiger partial charge on any atom is -0.465 e. The molecule has 0 heterocycles. The number of nitrogens with zero attached hydrogens (tertiary/aromatic N) is 3. The molecule has 0 aromatic heterocycles. The van der Waals surface area contributed by atoms with E-state index in [1.807, 2.05) is 43.2 Å². The molecule has 0 aromatic carbocycles. The summed E-state index contributed by atoms with van der Waals surface area (Å²) in [5, 5.41) is 0. The number of carbonyl (C=O) groups is 4. The van der Waals surface area contributed by atoms with Crippen LogP contribution in [0.25, 0.3) is 0 Å². The molecule has 0 rings (SSSR count). The second-order valence-corrected chi connectivity index (χ2v) is 31.2. The van der Waals surface area contributed by atoms with Gasteiger partial charge in [-0.25, -0.2) is 0 Å². The summed E-state index contributed by atoms with van der Waals surface area (Å²) in [5.74, 6) is 6.95. The monoisotopic (exact) mass is 1260 g/mol. The zero-order valence-corrected chi connectivity index (χ0v) is 57.5. The first kappa shape index (κ1) is 79.6. The Hall–Kier alpha value is 0.560. The van der Waals surface area contributed by atoms with Gasteiger partial charge in [-0.2, -0.15) is 0 Å². The molecule has 0 N–H and O–H groups in total. The van der Waals surface area contributed by atoms with E-state index in [0.717, 1.165) is 91.6 Å². The summed E-state index contributed by atoms with van der Waals surface area (Å²) in [4.78, 5) is 58.4. The highest BCUT2D eigenvalue weighted by atomic mass is 33.1. The van der Waals surface area contributed by atoms with Crippen LogP contribution in [-0.2, 0) is 38.1 Å².